The molecule has 7 nitrogen and oxygen atoms in total. The van der Waals surface area contributed by atoms with Gasteiger partial charge in [-0.2, -0.15) is 13.2 Å². The summed E-state index contributed by atoms with van der Waals surface area (Å²) in [4.78, 5) is 20.6. The summed E-state index contributed by atoms with van der Waals surface area (Å²) in [6.45, 7) is 0.133. The molecular weight excluding hydrogens is 493 g/mol. The normalized spacial score (nSPS) is 12.2. The Labute approximate surface area is 216 Å². The molecule has 0 amide bonds. The molecule has 2 aromatic carbocycles. The van der Waals surface area contributed by atoms with Crippen LogP contribution in [0.5, 0.6) is 0 Å². The van der Waals surface area contributed by atoms with Crippen LogP contribution in [0.15, 0.2) is 97.5 Å². The third-order valence-corrected chi connectivity index (χ3v) is 5.97. The van der Waals surface area contributed by atoms with Gasteiger partial charge in [0.2, 0.25) is 0 Å². The van der Waals surface area contributed by atoms with Gasteiger partial charge in [0.25, 0.3) is 0 Å². The number of hydrogen-bond acceptors (Lipinski definition) is 6. The van der Waals surface area contributed by atoms with E-state index in [1.54, 1.807) is 30.7 Å². The largest absolute Gasteiger partial charge is 0.416 e. The van der Waals surface area contributed by atoms with E-state index in [0.29, 0.717) is 34.6 Å². The fraction of sp³-hybridized carbons (Fsp3) is 0.107. The Morgan fingerprint density at radius 3 is 2.18 bits per heavy atom. The summed E-state index contributed by atoms with van der Waals surface area (Å²) >= 11 is 0. The maximum absolute atomic E-state index is 13.2. The van der Waals surface area contributed by atoms with Crippen molar-refractivity contribution in [1.82, 2.24) is 25.0 Å². The maximum Gasteiger partial charge on any atom is 0.416 e. The standard InChI is InChI=1S/C28H21F3N6O/c29-28(30,31)23-9-6-21(7-10-23)27-26(20-12-14-32-15-13-20)35-36-37(27)24(18-38)17-34-25-11-8-22(16-33-25)19-4-2-1-3-5-19/h1-16,18,24H,17H2,(H,33,34). The molecule has 3 heterocycles. The molecule has 38 heavy (non-hydrogen) atoms. The van der Waals surface area contributed by atoms with Gasteiger partial charge in [0.05, 0.1) is 11.3 Å². The van der Waals surface area contributed by atoms with Gasteiger partial charge in [-0.1, -0.05) is 47.7 Å². The number of nitrogens with one attached hydrogen (secondary N) is 1. The van der Waals surface area contributed by atoms with Crippen LogP contribution >= 0.6 is 0 Å². The Morgan fingerprint density at radius 2 is 1.55 bits per heavy atom. The predicted molar refractivity (Wildman–Crippen MR) is 137 cm³/mol. The Kier molecular flexibility index (Phi) is 6.94. The van der Waals surface area contributed by atoms with Gasteiger partial charge in [0.15, 0.2) is 0 Å². The quantitative estimate of drug-likeness (QED) is 0.258. The number of carbonyl (C=O) groups excluding carboxylic acids is 1. The molecule has 5 rings (SSSR count). The molecule has 1 unspecified atom stereocenters. The fourth-order valence-electron chi connectivity index (χ4n) is 4.02. The van der Waals surface area contributed by atoms with Crippen molar-refractivity contribution in [1.29, 1.82) is 0 Å². The fourth-order valence-corrected chi connectivity index (χ4v) is 4.02. The highest BCUT2D eigenvalue weighted by molar-refractivity contribution is 5.79. The SMILES string of the molecule is O=CC(CNc1ccc(-c2ccccc2)cn1)n1nnc(-c2ccncc2)c1-c1ccc(C(F)(F)F)cc1. The number of halogens is 3. The second-order valence-electron chi connectivity index (χ2n) is 8.42. The number of benzene rings is 2. The molecule has 1 atom stereocenters. The topological polar surface area (TPSA) is 85.6 Å². The van der Waals surface area contributed by atoms with Crippen LogP contribution in [-0.4, -0.2) is 37.8 Å². The van der Waals surface area contributed by atoms with E-state index in [1.165, 1.54) is 16.8 Å². The van der Waals surface area contributed by atoms with Crippen LogP contribution in [0.25, 0.3) is 33.6 Å². The summed E-state index contributed by atoms with van der Waals surface area (Å²) < 4.78 is 40.9. The van der Waals surface area contributed by atoms with Gasteiger partial charge in [-0.25, -0.2) is 9.67 Å². The molecule has 0 fully saturated rings. The molecule has 1 N–H and O–H groups in total. The van der Waals surface area contributed by atoms with Crippen molar-refractivity contribution in [3.05, 3.63) is 103 Å². The minimum absolute atomic E-state index is 0.133. The Balaban J connectivity index is 1.44. The van der Waals surface area contributed by atoms with E-state index in [0.717, 1.165) is 23.3 Å². The first-order valence-corrected chi connectivity index (χ1v) is 11.7. The summed E-state index contributed by atoms with van der Waals surface area (Å²) in [6, 6.07) is 20.8. The van der Waals surface area contributed by atoms with Crippen molar-refractivity contribution >= 4 is 12.1 Å². The monoisotopic (exact) mass is 514 g/mol. The molecule has 5 aromatic rings. The average molecular weight is 515 g/mol. The minimum atomic E-state index is -4.47. The first kappa shape index (κ1) is 24.8. The Hall–Kier alpha value is -4.86. The molecule has 0 radical (unpaired) electrons. The van der Waals surface area contributed by atoms with Crippen molar-refractivity contribution in [2.45, 2.75) is 12.2 Å². The first-order chi connectivity index (χ1) is 18.4. The Bertz CT molecular complexity index is 1500. The highest BCUT2D eigenvalue weighted by atomic mass is 19.4. The van der Waals surface area contributed by atoms with Crippen LogP contribution in [0.3, 0.4) is 0 Å². The van der Waals surface area contributed by atoms with Gasteiger partial charge in [-0.05, 0) is 42.0 Å². The lowest BCUT2D eigenvalue weighted by Crippen LogP contribution is -2.22. The molecule has 0 aliphatic heterocycles. The lowest BCUT2D eigenvalue weighted by molar-refractivity contribution is -0.137. The average Bonchev–Trinajstić information content (AvgIpc) is 3.39. The van der Waals surface area contributed by atoms with E-state index in [1.807, 2.05) is 42.5 Å². The van der Waals surface area contributed by atoms with Crippen LogP contribution in [0.4, 0.5) is 19.0 Å². The molecule has 0 aliphatic rings. The minimum Gasteiger partial charge on any atom is -0.367 e. The molecule has 0 bridgehead atoms. The van der Waals surface area contributed by atoms with Crippen LogP contribution < -0.4 is 5.32 Å². The van der Waals surface area contributed by atoms with Crippen LogP contribution in [0.1, 0.15) is 11.6 Å². The number of hydrogen-bond donors (Lipinski definition) is 1. The van der Waals surface area contributed by atoms with E-state index >= 15 is 0 Å². The van der Waals surface area contributed by atoms with Crippen LogP contribution in [0, 0.1) is 0 Å². The van der Waals surface area contributed by atoms with E-state index in [-0.39, 0.29) is 6.54 Å². The lowest BCUT2D eigenvalue weighted by atomic mass is 10.0. The number of rotatable bonds is 8. The van der Waals surface area contributed by atoms with Gasteiger partial charge in [-0.15, -0.1) is 5.10 Å². The van der Waals surface area contributed by atoms with Gasteiger partial charge in [0.1, 0.15) is 23.8 Å². The van der Waals surface area contributed by atoms with E-state index in [2.05, 4.69) is 25.6 Å². The first-order valence-electron chi connectivity index (χ1n) is 11.7. The zero-order valence-electron chi connectivity index (χ0n) is 19.9. The second kappa shape index (κ2) is 10.6. The predicted octanol–water partition coefficient (Wildman–Crippen LogP) is 5.94. The zero-order valence-corrected chi connectivity index (χ0v) is 19.9. The lowest BCUT2D eigenvalue weighted by Gasteiger charge is -2.16. The van der Waals surface area contributed by atoms with Crippen molar-refractivity contribution < 1.29 is 18.0 Å². The Morgan fingerprint density at radius 1 is 0.842 bits per heavy atom. The van der Waals surface area contributed by atoms with Gasteiger partial charge in [-0.3, -0.25) is 4.98 Å². The van der Waals surface area contributed by atoms with Gasteiger partial charge < -0.3 is 10.1 Å². The molecule has 0 aliphatic carbocycles. The molecule has 0 saturated carbocycles. The molecule has 0 spiro atoms. The maximum atomic E-state index is 13.2. The zero-order chi connectivity index (χ0) is 26.5. The summed E-state index contributed by atoms with van der Waals surface area (Å²) in [5.41, 5.74) is 3.14. The molecule has 10 heteroatoms. The number of aldehydes is 1. The van der Waals surface area contributed by atoms with Crippen molar-refractivity contribution in [2.24, 2.45) is 0 Å². The van der Waals surface area contributed by atoms with Crippen molar-refractivity contribution in [3.8, 4) is 33.6 Å². The summed E-state index contributed by atoms with van der Waals surface area (Å²) in [7, 11) is 0. The van der Waals surface area contributed by atoms with E-state index in [4.69, 9.17) is 0 Å². The van der Waals surface area contributed by atoms with Crippen molar-refractivity contribution in [2.75, 3.05) is 11.9 Å². The third-order valence-electron chi connectivity index (χ3n) is 5.97. The number of carbonyl (C=O) groups is 1. The number of pyridine rings is 2. The van der Waals surface area contributed by atoms with E-state index in [9.17, 15) is 18.0 Å². The molecule has 190 valence electrons. The highest BCUT2D eigenvalue weighted by Gasteiger charge is 2.30. The number of nitrogens with zero attached hydrogens (tertiary/aromatic N) is 5. The van der Waals surface area contributed by atoms with Gasteiger partial charge in [0, 0.05) is 41.8 Å². The smallest absolute Gasteiger partial charge is 0.367 e. The summed E-state index contributed by atoms with van der Waals surface area (Å²) in [5.74, 6) is 0.557. The van der Waals surface area contributed by atoms with Gasteiger partial charge >= 0.3 is 6.18 Å². The summed E-state index contributed by atoms with van der Waals surface area (Å²) in [5, 5.41) is 11.6. The molecule has 3 aromatic heterocycles. The molecular formula is C28H21F3N6O. The van der Waals surface area contributed by atoms with Crippen molar-refractivity contribution in [3.63, 3.8) is 0 Å². The van der Waals surface area contributed by atoms with E-state index < -0.39 is 17.8 Å². The third kappa shape index (κ3) is 5.29. The molecule has 0 saturated heterocycles. The number of alkyl halides is 3. The highest BCUT2D eigenvalue weighted by Crippen LogP contribution is 2.35. The van der Waals surface area contributed by atoms with Crippen LogP contribution in [0.2, 0.25) is 0 Å². The summed E-state index contributed by atoms with van der Waals surface area (Å²) in [6.07, 6.45) is 1.13. The number of anilines is 1. The second-order valence-corrected chi connectivity index (χ2v) is 8.42. The van der Waals surface area contributed by atoms with Crippen LogP contribution in [-0.2, 0) is 11.0 Å². The number of aromatic nitrogens is 5.